The van der Waals surface area contributed by atoms with Crippen molar-refractivity contribution in [2.45, 2.75) is 0 Å². The summed E-state index contributed by atoms with van der Waals surface area (Å²) in [4.78, 5) is 15.9. The molecule has 2 aromatic carbocycles. The first-order valence-corrected chi connectivity index (χ1v) is 7.50. The highest BCUT2D eigenvalue weighted by Crippen LogP contribution is 2.15. The zero-order chi connectivity index (χ0) is 15.8. The highest BCUT2D eigenvalue weighted by Gasteiger charge is 2.12. The van der Waals surface area contributed by atoms with Crippen LogP contribution in [0.2, 0.25) is 0 Å². The lowest BCUT2D eigenvalue weighted by atomic mass is 10.3. The molecule has 23 heavy (non-hydrogen) atoms. The summed E-state index contributed by atoms with van der Waals surface area (Å²) in [5.74, 6) is 0. The van der Waals surface area contributed by atoms with E-state index in [-0.39, 0.29) is 5.56 Å². The molecule has 0 saturated carbocycles. The lowest BCUT2D eigenvalue weighted by molar-refractivity contribution is 0.879. The highest BCUT2D eigenvalue weighted by atomic mass is 32.1. The normalized spacial score (nSPS) is 11.0. The zero-order valence-corrected chi connectivity index (χ0v) is 12.8. The maximum atomic E-state index is 12.8. The first-order chi connectivity index (χ1) is 11.3. The summed E-state index contributed by atoms with van der Waals surface area (Å²) in [6, 6.07) is 18.9. The van der Waals surface area contributed by atoms with Gasteiger partial charge in [-0.15, -0.1) is 0 Å². The van der Waals surface area contributed by atoms with Gasteiger partial charge < -0.3 is 4.98 Å². The molecular weight excluding hydrogens is 308 g/mol. The van der Waals surface area contributed by atoms with Crippen molar-refractivity contribution in [2.75, 3.05) is 0 Å². The Labute approximate surface area is 136 Å². The van der Waals surface area contributed by atoms with Crippen molar-refractivity contribution < 1.29 is 0 Å². The lowest BCUT2D eigenvalue weighted by Gasteiger charge is -2.07. The molecule has 0 aliphatic heterocycles. The van der Waals surface area contributed by atoms with E-state index in [2.05, 4.69) is 10.1 Å². The molecule has 0 amide bonds. The Morgan fingerprint density at radius 2 is 1.52 bits per heavy atom. The van der Waals surface area contributed by atoms with Gasteiger partial charge >= 0.3 is 0 Å². The summed E-state index contributed by atoms with van der Waals surface area (Å²) < 4.78 is 3.50. The summed E-state index contributed by atoms with van der Waals surface area (Å²) >= 11 is 5.39. The van der Waals surface area contributed by atoms with E-state index < -0.39 is 0 Å². The van der Waals surface area contributed by atoms with Crippen LogP contribution >= 0.6 is 12.2 Å². The van der Waals surface area contributed by atoms with Gasteiger partial charge in [0.05, 0.1) is 17.6 Å². The zero-order valence-electron chi connectivity index (χ0n) is 12.0. The maximum Gasteiger partial charge on any atom is 0.270 e. The monoisotopic (exact) mass is 320 g/mol. The van der Waals surface area contributed by atoms with E-state index in [9.17, 15) is 4.79 Å². The number of para-hydroxylation sites is 2. The van der Waals surface area contributed by atoms with Gasteiger partial charge in [0.1, 0.15) is 11.0 Å². The number of nitrogens with zero attached hydrogens (tertiary/aromatic N) is 3. The predicted molar refractivity (Wildman–Crippen MR) is 91.9 cm³/mol. The largest absolute Gasteiger partial charge is 0.316 e. The molecule has 0 spiro atoms. The summed E-state index contributed by atoms with van der Waals surface area (Å²) in [5.41, 5.74) is 2.01. The Kier molecular flexibility index (Phi) is 3.17. The number of hydrogen-bond acceptors (Lipinski definition) is 3. The summed E-state index contributed by atoms with van der Waals surface area (Å²) in [5, 5.41) is 4.82. The second kappa shape index (κ2) is 5.33. The fraction of sp³-hybridized carbons (Fsp3) is 0. The highest BCUT2D eigenvalue weighted by molar-refractivity contribution is 7.71. The van der Waals surface area contributed by atoms with Crippen LogP contribution in [-0.4, -0.2) is 19.3 Å². The van der Waals surface area contributed by atoms with Crippen LogP contribution in [0.25, 0.3) is 22.4 Å². The third-order valence-electron chi connectivity index (χ3n) is 3.65. The SMILES string of the molecule is O=c1c2cnn(-c3ccccc3)c2[nH]c(=S)n1-c1ccccc1. The fourth-order valence-electron chi connectivity index (χ4n) is 2.57. The van der Waals surface area contributed by atoms with Crippen LogP contribution in [0.15, 0.2) is 71.7 Å². The van der Waals surface area contributed by atoms with Gasteiger partial charge in [-0.25, -0.2) is 4.68 Å². The lowest BCUT2D eigenvalue weighted by Crippen LogP contribution is -2.20. The van der Waals surface area contributed by atoms with Crippen molar-refractivity contribution in [3.8, 4) is 11.4 Å². The molecule has 0 fully saturated rings. The van der Waals surface area contributed by atoms with Gasteiger partial charge in [0.2, 0.25) is 0 Å². The Hall–Kier alpha value is -2.99. The average Bonchev–Trinajstić information content (AvgIpc) is 3.00. The number of fused-ring (bicyclic) bond motifs is 1. The van der Waals surface area contributed by atoms with Gasteiger partial charge in [0.25, 0.3) is 5.56 Å². The van der Waals surface area contributed by atoms with Gasteiger partial charge in [0, 0.05) is 0 Å². The van der Waals surface area contributed by atoms with Gasteiger partial charge in [-0.1, -0.05) is 36.4 Å². The first kappa shape index (κ1) is 13.7. The maximum absolute atomic E-state index is 12.8. The number of nitrogens with one attached hydrogen (secondary N) is 1. The number of hydrogen-bond donors (Lipinski definition) is 1. The molecule has 4 aromatic rings. The van der Waals surface area contributed by atoms with Crippen LogP contribution in [0.1, 0.15) is 0 Å². The molecule has 1 N–H and O–H groups in total. The van der Waals surface area contributed by atoms with Crippen LogP contribution in [-0.2, 0) is 0 Å². The second-order valence-corrected chi connectivity index (χ2v) is 5.45. The minimum Gasteiger partial charge on any atom is -0.316 e. The van der Waals surface area contributed by atoms with Crippen molar-refractivity contribution in [3.63, 3.8) is 0 Å². The summed E-state index contributed by atoms with van der Waals surface area (Å²) in [6.45, 7) is 0. The van der Waals surface area contributed by atoms with Crippen LogP contribution in [0.4, 0.5) is 0 Å². The van der Waals surface area contributed by atoms with Crippen LogP contribution in [0.3, 0.4) is 0 Å². The van der Waals surface area contributed by atoms with E-state index in [0.29, 0.717) is 15.8 Å². The minimum absolute atomic E-state index is 0.183. The van der Waals surface area contributed by atoms with Crippen molar-refractivity contribution >= 4 is 23.3 Å². The topological polar surface area (TPSA) is 55.6 Å². The third-order valence-corrected chi connectivity index (χ3v) is 3.93. The predicted octanol–water partition coefficient (Wildman–Crippen LogP) is 3.23. The molecule has 0 saturated heterocycles. The molecule has 2 heterocycles. The Balaban J connectivity index is 2.03. The van der Waals surface area contributed by atoms with E-state index in [0.717, 1.165) is 11.4 Å². The molecule has 0 atom stereocenters. The Bertz CT molecular complexity index is 1090. The molecule has 112 valence electrons. The van der Waals surface area contributed by atoms with E-state index in [4.69, 9.17) is 12.2 Å². The molecular formula is C17H12N4OS. The van der Waals surface area contributed by atoms with Crippen molar-refractivity contribution in [1.29, 1.82) is 0 Å². The Morgan fingerprint density at radius 1 is 0.913 bits per heavy atom. The van der Waals surface area contributed by atoms with E-state index >= 15 is 0 Å². The first-order valence-electron chi connectivity index (χ1n) is 7.09. The smallest absolute Gasteiger partial charge is 0.270 e. The fourth-order valence-corrected chi connectivity index (χ4v) is 2.86. The number of rotatable bonds is 2. The van der Waals surface area contributed by atoms with Crippen LogP contribution in [0.5, 0.6) is 0 Å². The van der Waals surface area contributed by atoms with Crippen molar-refractivity contribution in [2.24, 2.45) is 0 Å². The molecule has 5 nitrogen and oxygen atoms in total. The molecule has 4 rings (SSSR count). The van der Waals surface area contributed by atoms with E-state index in [1.165, 1.54) is 4.57 Å². The van der Waals surface area contributed by atoms with Crippen LogP contribution < -0.4 is 5.56 Å². The quantitative estimate of drug-likeness (QED) is 0.577. The van der Waals surface area contributed by atoms with Crippen LogP contribution in [0, 0.1) is 4.77 Å². The van der Waals surface area contributed by atoms with Crippen molar-refractivity contribution in [1.82, 2.24) is 19.3 Å². The number of aromatic amines is 1. The number of H-pyrrole nitrogens is 1. The second-order valence-electron chi connectivity index (χ2n) is 5.06. The molecule has 0 radical (unpaired) electrons. The van der Waals surface area contributed by atoms with Crippen molar-refractivity contribution in [3.05, 3.63) is 82.0 Å². The number of aromatic nitrogens is 4. The summed E-state index contributed by atoms with van der Waals surface area (Å²) in [6.07, 6.45) is 1.56. The molecule has 6 heteroatoms. The minimum atomic E-state index is -0.183. The standard InChI is InChI=1S/C17H12N4OS/c22-16-14-11-18-21(13-9-5-2-6-10-13)15(14)19-17(23)20(16)12-7-3-1-4-8-12/h1-11H,(H,19,23). The van der Waals surface area contributed by atoms with E-state index in [1.807, 2.05) is 60.7 Å². The van der Waals surface area contributed by atoms with E-state index in [1.54, 1.807) is 10.9 Å². The van der Waals surface area contributed by atoms with Gasteiger partial charge in [-0.3, -0.25) is 9.36 Å². The average molecular weight is 320 g/mol. The molecule has 0 aliphatic rings. The van der Waals surface area contributed by atoms with Gasteiger partial charge in [0.15, 0.2) is 4.77 Å². The molecule has 0 bridgehead atoms. The van der Waals surface area contributed by atoms with Gasteiger partial charge in [-0.05, 0) is 36.5 Å². The number of benzene rings is 2. The summed E-state index contributed by atoms with van der Waals surface area (Å²) in [7, 11) is 0. The molecule has 2 aromatic heterocycles. The molecule has 0 aliphatic carbocycles. The third kappa shape index (κ3) is 2.20. The molecule has 0 unspecified atom stereocenters. The van der Waals surface area contributed by atoms with Gasteiger partial charge in [-0.2, -0.15) is 5.10 Å². The Morgan fingerprint density at radius 3 is 2.17 bits per heavy atom.